The Labute approximate surface area is 171 Å². The number of amidine groups is 1. The van der Waals surface area contributed by atoms with Gasteiger partial charge < -0.3 is 16.0 Å². The summed E-state index contributed by atoms with van der Waals surface area (Å²) in [6.45, 7) is 3.81. The summed E-state index contributed by atoms with van der Waals surface area (Å²) in [5.41, 5.74) is 11.4. The van der Waals surface area contributed by atoms with Crippen molar-refractivity contribution in [2.75, 3.05) is 19.6 Å². The molecule has 152 valence electrons. The zero-order valence-electron chi connectivity index (χ0n) is 17.1. The van der Waals surface area contributed by atoms with Crippen LogP contribution in [0.4, 0.5) is 5.69 Å². The molecule has 1 aromatic carbocycles. The zero-order valence-corrected chi connectivity index (χ0v) is 17.1. The molecule has 7 nitrogen and oxygen atoms in total. The molecular formula is C22H28N6O. The first-order chi connectivity index (χ1) is 14.0. The molecule has 1 aliphatic heterocycles. The van der Waals surface area contributed by atoms with E-state index >= 15 is 0 Å². The molecule has 1 aliphatic carbocycles. The Bertz CT molecular complexity index is 952. The molecule has 2 aromatic rings. The number of benzene rings is 1. The Morgan fingerprint density at radius 2 is 2.03 bits per heavy atom. The molecule has 0 atom stereocenters. The lowest BCUT2D eigenvalue weighted by Crippen LogP contribution is -2.41. The Kier molecular flexibility index (Phi) is 5.38. The van der Waals surface area contributed by atoms with Crippen LogP contribution < -0.4 is 11.1 Å². The van der Waals surface area contributed by atoms with E-state index in [4.69, 9.17) is 5.73 Å². The maximum atomic E-state index is 11.9. The lowest BCUT2D eigenvalue weighted by Gasteiger charge is -2.30. The molecular weight excluding hydrogens is 364 g/mol. The minimum absolute atomic E-state index is 0.0667. The van der Waals surface area contributed by atoms with Gasteiger partial charge in [0.2, 0.25) is 5.91 Å². The summed E-state index contributed by atoms with van der Waals surface area (Å²) in [6, 6.07) is 9.93. The van der Waals surface area contributed by atoms with E-state index in [0.717, 1.165) is 53.6 Å². The SMILES string of the molecule is CC(=O)N1CCC(NCC2CC2)=C(C(N)=Nc2ccc(-c3ccnn3C)cc2)C1. The summed E-state index contributed by atoms with van der Waals surface area (Å²) < 4.78 is 1.84. The Morgan fingerprint density at radius 3 is 2.66 bits per heavy atom. The number of amides is 1. The molecule has 0 saturated heterocycles. The molecule has 1 amide bonds. The third kappa shape index (κ3) is 4.50. The number of nitrogens with zero attached hydrogens (tertiary/aromatic N) is 4. The lowest BCUT2D eigenvalue weighted by atomic mass is 10.0. The average molecular weight is 393 g/mol. The van der Waals surface area contributed by atoms with Crippen LogP contribution in [0, 0.1) is 5.92 Å². The molecule has 7 heteroatoms. The summed E-state index contributed by atoms with van der Waals surface area (Å²) in [4.78, 5) is 18.4. The van der Waals surface area contributed by atoms with E-state index < -0.39 is 0 Å². The van der Waals surface area contributed by atoms with E-state index in [1.165, 1.54) is 12.8 Å². The second kappa shape index (κ2) is 8.11. The number of aromatic nitrogens is 2. The molecule has 29 heavy (non-hydrogen) atoms. The van der Waals surface area contributed by atoms with Crippen molar-refractivity contribution in [3.63, 3.8) is 0 Å². The van der Waals surface area contributed by atoms with Crippen molar-refractivity contribution in [3.05, 3.63) is 47.8 Å². The molecule has 0 unspecified atom stereocenters. The van der Waals surface area contributed by atoms with E-state index in [0.29, 0.717) is 12.4 Å². The molecule has 0 spiro atoms. The number of nitrogens with two attached hydrogens (primary N) is 1. The van der Waals surface area contributed by atoms with Crippen molar-refractivity contribution in [1.82, 2.24) is 20.0 Å². The fourth-order valence-corrected chi connectivity index (χ4v) is 3.62. The van der Waals surface area contributed by atoms with Crippen LogP contribution in [0.5, 0.6) is 0 Å². The van der Waals surface area contributed by atoms with Crippen LogP contribution in [0.25, 0.3) is 11.3 Å². The van der Waals surface area contributed by atoms with Gasteiger partial charge in [0, 0.05) is 50.9 Å². The number of hydrogen-bond donors (Lipinski definition) is 2. The van der Waals surface area contributed by atoms with E-state index in [1.54, 1.807) is 13.1 Å². The smallest absolute Gasteiger partial charge is 0.219 e. The third-order valence-electron chi connectivity index (χ3n) is 5.63. The number of carbonyl (C=O) groups is 1. The predicted molar refractivity (Wildman–Crippen MR) is 115 cm³/mol. The summed E-state index contributed by atoms with van der Waals surface area (Å²) >= 11 is 0. The van der Waals surface area contributed by atoms with Gasteiger partial charge in [0.1, 0.15) is 5.84 Å². The number of rotatable bonds is 6. The normalized spacial score (nSPS) is 17.6. The molecule has 1 saturated carbocycles. The van der Waals surface area contributed by atoms with E-state index in [2.05, 4.69) is 15.4 Å². The summed E-state index contributed by atoms with van der Waals surface area (Å²) in [6.07, 6.45) is 5.16. The largest absolute Gasteiger partial charge is 0.388 e. The molecule has 2 aliphatic rings. The molecule has 2 heterocycles. The maximum absolute atomic E-state index is 11.9. The van der Waals surface area contributed by atoms with Gasteiger partial charge in [-0.3, -0.25) is 9.48 Å². The van der Waals surface area contributed by atoms with Crippen LogP contribution in [0.15, 0.2) is 52.8 Å². The van der Waals surface area contributed by atoms with Crippen molar-refractivity contribution < 1.29 is 4.79 Å². The first kappa shape index (κ1) is 19.2. The minimum atomic E-state index is 0.0667. The van der Waals surface area contributed by atoms with Crippen molar-refractivity contribution in [2.24, 2.45) is 23.7 Å². The first-order valence-corrected chi connectivity index (χ1v) is 10.2. The maximum Gasteiger partial charge on any atom is 0.219 e. The van der Waals surface area contributed by atoms with Gasteiger partial charge in [0.05, 0.1) is 17.9 Å². The average Bonchev–Trinajstić information content (AvgIpc) is 3.45. The molecule has 1 fully saturated rings. The van der Waals surface area contributed by atoms with Crippen molar-refractivity contribution in [2.45, 2.75) is 26.2 Å². The Balaban J connectivity index is 1.56. The number of nitrogens with one attached hydrogen (secondary N) is 1. The van der Waals surface area contributed by atoms with Crippen molar-refractivity contribution >= 4 is 17.4 Å². The van der Waals surface area contributed by atoms with Gasteiger partial charge in [-0.2, -0.15) is 5.10 Å². The fourth-order valence-electron chi connectivity index (χ4n) is 3.62. The second-order valence-corrected chi connectivity index (χ2v) is 7.86. The monoisotopic (exact) mass is 392 g/mol. The van der Waals surface area contributed by atoms with Crippen molar-refractivity contribution in [1.29, 1.82) is 0 Å². The highest BCUT2D eigenvalue weighted by Gasteiger charge is 2.26. The Morgan fingerprint density at radius 1 is 1.28 bits per heavy atom. The van der Waals surface area contributed by atoms with Gasteiger partial charge in [0.15, 0.2) is 0 Å². The highest BCUT2D eigenvalue weighted by Crippen LogP contribution is 2.29. The van der Waals surface area contributed by atoms with Crippen LogP contribution in [-0.2, 0) is 11.8 Å². The van der Waals surface area contributed by atoms with Crippen molar-refractivity contribution in [3.8, 4) is 11.3 Å². The van der Waals surface area contributed by atoms with Gasteiger partial charge >= 0.3 is 0 Å². The lowest BCUT2D eigenvalue weighted by molar-refractivity contribution is -0.128. The van der Waals surface area contributed by atoms with Gasteiger partial charge in [-0.25, -0.2) is 4.99 Å². The molecule has 3 N–H and O–H groups in total. The van der Waals surface area contributed by atoms with Crippen LogP contribution in [0.2, 0.25) is 0 Å². The topological polar surface area (TPSA) is 88.5 Å². The van der Waals surface area contributed by atoms with Gasteiger partial charge in [0.25, 0.3) is 0 Å². The number of aliphatic imine (C=N–C) groups is 1. The zero-order chi connectivity index (χ0) is 20.4. The van der Waals surface area contributed by atoms with E-state index in [-0.39, 0.29) is 5.91 Å². The summed E-state index contributed by atoms with van der Waals surface area (Å²) in [7, 11) is 1.92. The third-order valence-corrected chi connectivity index (χ3v) is 5.63. The second-order valence-electron chi connectivity index (χ2n) is 7.86. The van der Waals surface area contributed by atoms with Gasteiger partial charge in [-0.1, -0.05) is 12.1 Å². The molecule has 0 bridgehead atoms. The number of hydrogen-bond acceptors (Lipinski definition) is 4. The number of carbonyl (C=O) groups excluding carboxylic acids is 1. The first-order valence-electron chi connectivity index (χ1n) is 10.2. The quantitative estimate of drug-likeness (QED) is 0.584. The predicted octanol–water partition coefficient (Wildman–Crippen LogP) is 2.58. The van der Waals surface area contributed by atoms with Crippen LogP contribution in [-0.4, -0.2) is 46.1 Å². The van der Waals surface area contributed by atoms with Gasteiger partial charge in [-0.05, 0) is 42.5 Å². The molecule has 0 radical (unpaired) electrons. The van der Waals surface area contributed by atoms with E-state index in [9.17, 15) is 4.79 Å². The van der Waals surface area contributed by atoms with Crippen LogP contribution in [0.1, 0.15) is 26.2 Å². The fraction of sp³-hybridized carbons (Fsp3) is 0.409. The number of aryl methyl sites for hydroxylation is 1. The minimum Gasteiger partial charge on any atom is -0.388 e. The van der Waals surface area contributed by atoms with Crippen LogP contribution >= 0.6 is 0 Å². The standard InChI is InChI=1S/C22H28N6O/c1-15(29)28-12-10-20(24-13-16-3-4-16)19(14-28)22(23)26-18-7-5-17(6-8-18)21-9-11-25-27(21)2/h5-9,11,16,24H,3-4,10,12-14H2,1-2H3,(H2,23,26). The molecule has 4 rings (SSSR count). The highest BCUT2D eigenvalue weighted by atomic mass is 16.2. The van der Waals surface area contributed by atoms with Crippen LogP contribution in [0.3, 0.4) is 0 Å². The van der Waals surface area contributed by atoms with Gasteiger partial charge in [-0.15, -0.1) is 0 Å². The van der Waals surface area contributed by atoms with E-state index in [1.807, 2.05) is 47.0 Å². The highest BCUT2D eigenvalue weighted by molar-refractivity contribution is 6.00. The summed E-state index contributed by atoms with van der Waals surface area (Å²) in [5, 5.41) is 7.78. The summed E-state index contributed by atoms with van der Waals surface area (Å²) in [5.74, 6) is 1.31. The Hall–Kier alpha value is -3.09. The molecule has 1 aromatic heterocycles.